The summed E-state index contributed by atoms with van der Waals surface area (Å²) in [5.74, 6) is 0. The average Bonchev–Trinajstić information content (AvgIpc) is 2.85. The Labute approximate surface area is 137 Å². The van der Waals surface area contributed by atoms with Crippen molar-refractivity contribution >= 4 is 22.9 Å². The second-order valence-corrected chi connectivity index (χ2v) is 8.01. The van der Waals surface area contributed by atoms with Crippen molar-refractivity contribution in [3.63, 3.8) is 0 Å². The van der Waals surface area contributed by atoms with Gasteiger partial charge in [0.15, 0.2) is 0 Å². The zero-order chi connectivity index (χ0) is 15.1. The minimum atomic E-state index is 0.253. The van der Waals surface area contributed by atoms with Gasteiger partial charge in [0, 0.05) is 36.5 Å². The molecule has 0 bridgehead atoms. The number of ether oxygens (including phenoxy) is 1. The monoisotopic (exact) mass is 330 g/mol. The third-order valence-corrected chi connectivity index (χ3v) is 5.21. The molecule has 0 aliphatic carbocycles. The highest BCUT2D eigenvalue weighted by Gasteiger charge is 2.33. The first kappa shape index (κ1) is 17.2. The van der Waals surface area contributed by atoms with Crippen LogP contribution in [0, 0.1) is 5.41 Å². The lowest BCUT2D eigenvalue weighted by Crippen LogP contribution is -2.48. The Hall–Kier alpha value is -0.130. The van der Waals surface area contributed by atoms with Gasteiger partial charge in [-0.15, -0.1) is 11.3 Å². The minimum absolute atomic E-state index is 0.253. The molecule has 2 heterocycles. The highest BCUT2D eigenvalue weighted by atomic mass is 35.5. The second-order valence-electron chi connectivity index (χ2n) is 6.21. The first-order chi connectivity index (χ1) is 10.1. The molecule has 0 saturated carbocycles. The highest BCUT2D eigenvalue weighted by molar-refractivity contribution is 7.16. The Kier molecular flexibility index (Phi) is 6.96. The largest absolute Gasteiger partial charge is 0.381 e. The fourth-order valence-corrected chi connectivity index (χ4v) is 4.26. The summed E-state index contributed by atoms with van der Waals surface area (Å²) in [6.45, 7) is 8.18. The predicted octanol–water partition coefficient (Wildman–Crippen LogP) is 3.63. The Morgan fingerprint density at radius 2 is 2.33 bits per heavy atom. The smallest absolute Gasteiger partial charge is 0.0931 e. The summed E-state index contributed by atoms with van der Waals surface area (Å²) >= 11 is 7.69. The molecule has 1 saturated heterocycles. The molecule has 1 N–H and O–H groups in total. The molecule has 1 aromatic heterocycles. The molecule has 0 amide bonds. The Balaban J connectivity index is 1.90. The maximum Gasteiger partial charge on any atom is 0.0931 e. The van der Waals surface area contributed by atoms with E-state index < -0.39 is 0 Å². The van der Waals surface area contributed by atoms with Crippen LogP contribution in [-0.2, 0) is 11.3 Å². The number of halogens is 1. The lowest BCUT2D eigenvalue weighted by molar-refractivity contribution is -0.0235. The number of nitrogens with one attached hydrogen (secondary N) is 1. The minimum Gasteiger partial charge on any atom is -0.381 e. The molecule has 1 aliphatic heterocycles. The van der Waals surface area contributed by atoms with Crippen LogP contribution in [-0.4, -0.2) is 44.8 Å². The van der Waals surface area contributed by atoms with Gasteiger partial charge in [-0.25, -0.2) is 0 Å². The van der Waals surface area contributed by atoms with Crippen molar-refractivity contribution < 1.29 is 4.74 Å². The Bertz CT molecular complexity index is 418. The lowest BCUT2D eigenvalue weighted by Gasteiger charge is -2.40. The molecule has 2 rings (SSSR count). The molecular formula is C16H27ClN2OS. The number of rotatable bonds is 8. The topological polar surface area (TPSA) is 24.5 Å². The van der Waals surface area contributed by atoms with E-state index in [0.717, 1.165) is 43.7 Å². The van der Waals surface area contributed by atoms with E-state index in [9.17, 15) is 0 Å². The summed E-state index contributed by atoms with van der Waals surface area (Å²) in [5.41, 5.74) is 0.253. The predicted molar refractivity (Wildman–Crippen MR) is 91.3 cm³/mol. The molecule has 21 heavy (non-hydrogen) atoms. The molecule has 1 atom stereocenters. The zero-order valence-corrected chi connectivity index (χ0v) is 14.7. The number of hydrogen-bond acceptors (Lipinski definition) is 4. The molecule has 0 aromatic carbocycles. The van der Waals surface area contributed by atoms with Gasteiger partial charge in [0.1, 0.15) is 0 Å². The summed E-state index contributed by atoms with van der Waals surface area (Å²) in [4.78, 5) is 3.74. The number of nitrogens with zero attached hydrogens (tertiary/aromatic N) is 1. The van der Waals surface area contributed by atoms with E-state index in [-0.39, 0.29) is 5.41 Å². The highest BCUT2D eigenvalue weighted by Crippen LogP contribution is 2.30. The van der Waals surface area contributed by atoms with Gasteiger partial charge in [-0.3, -0.25) is 0 Å². The summed E-state index contributed by atoms with van der Waals surface area (Å²) in [7, 11) is 2.20. The Morgan fingerprint density at radius 1 is 1.48 bits per heavy atom. The maximum absolute atomic E-state index is 6.02. The normalized spacial score (nSPS) is 22.9. The van der Waals surface area contributed by atoms with Gasteiger partial charge >= 0.3 is 0 Å². The SMILES string of the molecule is CCCNCC1(CN(C)Cc2ccc(Cl)s2)CCCOC1. The van der Waals surface area contributed by atoms with Crippen molar-refractivity contribution in [2.24, 2.45) is 5.41 Å². The first-order valence-corrected chi connectivity index (χ1v) is 9.04. The van der Waals surface area contributed by atoms with E-state index in [1.54, 1.807) is 11.3 Å². The summed E-state index contributed by atoms with van der Waals surface area (Å²) in [5, 5.41) is 3.59. The van der Waals surface area contributed by atoms with Crippen LogP contribution in [0.5, 0.6) is 0 Å². The third kappa shape index (κ3) is 5.53. The average molecular weight is 331 g/mol. The molecule has 0 radical (unpaired) electrons. The fourth-order valence-electron chi connectivity index (χ4n) is 3.09. The maximum atomic E-state index is 6.02. The molecule has 1 aliphatic rings. The number of thiophene rings is 1. The van der Waals surface area contributed by atoms with Crippen LogP contribution >= 0.6 is 22.9 Å². The van der Waals surface area contributed by atoms with Gasteiger partial charge in [-0.1, -0.05) is 18.5 Å². The van der Waals surface area contributed by atoms with Gasteiger partial charge in [-0.05, 0) is 45.0 Å². The van der Waals surface area contributed by atoms with Gasteiger partial charge in [0.25, 0.3) is 0 Å². The Morgan fingerprint density at radius 3 is 2.95 bits per heavy atom. The second kappa shape index (κ2) is 8.49. The van der Waals surface area contributed by atoms with Gasteiger partial charge < -0.3 is 15.0 Å². The van der Waals surface area contributed by atoms with Crippen LogP contribution in [0.15, 0.2) is 12.1 Å². The first-order valence-electron chi connectivity index (χ1n) is 7.85. The van der Waals surface area contributed by atoms with Crippen LogP contribution in [0.3, 0.4) is 0 Å². The van der Waals surface area contributed by atoms with Crippen LogP contribution in [0.4, 0.5) is 0 Å². The van der Waals surface area contributed by atoms with Crippen molar-refractivity contribution in [1.82, 2.24) is 10.2 Å². The van der Waals surface area contributed by atoms with Gasteiger partial charge in [0.05, 0.1) is 10.9 Å². The number of hydrogen-bond donors (Lipinski definition) is 1. The standard InChI is InChI=1S/C16H27ClN2OS/c1-3-8-18-11-16(7-4-9-20-13-16)12-19(2)10-14-5-6-15(17)21-14/h5-6,18H,3-4,7-13H2,1-2H3. The molecule has 0 spiro atoms. The quantitative estimate of drug-likeness (QED) is 0.737. The fraction of sp³-hybridized carbons (Fsp3) is 0.750. The van der Waals surface area contributed by atoms with E-state index in [1.807, 2.05) is 6.07 Å². The van der Waals surface area contributed by atoms with Crippen molar-refractivity contribution in [3.8, 4) is 0 Å². The molecular weight excluding hydrogens is 304 g/mol. The molecule has 1 aromatic rings. The van der Waals surface area contributed by atoms with Crippen molar-refractivity contribution in [1.29, 1.82) is 0 Å². The van der Waals surface area contributed by atoms with Crippen LogP contribution < -0.4 is 5.32 Å². The molecule has 1 unspecified atom stereocenters. The summed E-state index contributed by atoms with van der Waals surface area (Å²) < 4.78 is 6.66. The lowest BCUT2D eigenvalue weighted by atomic mass is 9.81. The van der Waals surface area contributed by atoms with E-state index in [2.05, 4.69) is 30.3 Å². The van der Waals surface area contributed by atoms with Crippen LogP contribution in [0.25, 0.3) is 0 Å². The van der Waals surface area contributed by atoms with Crippen molar-refractivity contribution in [2.45, 2.75) is 32.7 Å². The van der Waals surface area contributed by atoms with Crippen LogP contribution in [0.1, 0.15) is 31.1 Å². The summed E-state index contributed by atoms with van der Waals surface area (Å²) in [6.07, 6.45) is 3.60. The molecule has 3 nitrogen and oxygen atoms in total. The summed E-state index contributed by atoms with van der Waals surface area (Å²) in [6, 6.07) is 4.11. The van der Waals surface area contributed by atoms with Gasteiger partial charge in [0.2, 0.25) is 0 Å². The molecule has 120 valence electrons. The van der Waals surface area contributed by atoms with E-state index >= 15 is 0 Å². The third-order valence-electron chi connectivity index (χ3n) is 3.99. The zero-order valence-electron chi connectivity index (χ0n) is 13.2. The van der Waals surface area contributed by atoms with Crippen LogP contribution in [0.2, 0.25) is 4.34 Å². The van der Waals surface area contributed by atoms with E-state index in [4.69, 9.17) is 16.3 Å². The van der Waals surface area contributed by atoms with Crippen molar-refractivity contribution in [3.05, 3.63) is 21.3 Å². The van der Waals surface area contributed by atoms with E-state index in [1.165, 1.54) is 24.1 Å². The van der Waals surface area contributed by atoms with E-state index in [0.29, 0.717) is 0 Å². The molecule has 1 fully saturated rings. The van der Waals surface area contributed by atoms with Gasteiger partial charge in [-0.2, -0.15) is 0 Å². The van der Waals surface area contributed by atoms with Crippen molar-refractivity contribution in [2.75, 3.05) is 39.9 Å². The molecule has 5 heteroatoms.